The zero-order valence-electron chi connectivity index (χ0n) is 11.2. The highest BCUT2D eigenvalue weighted by Gasteiger charge is 2.13. The van der Waals surface area contributed by atoms with E-state index in [4.69, 9.17) is 22.1 Å². The van der Waals surface area contributed by atoms with Crippen LogP contribution >= 0.6 is 11.6 Å². The van der Waals surface area contributed by atoms with E-state index >= 15 is 0 Å². The van der Waals surface area contributed by atoms with Gasteiger partial charge < -0.3 is 10.5 Å². The van der Waals surface area contributed by atoms with E-state index in [1.54, 1.807) is 7.11 Å². The summed E-state index contributed by atoms with van der Waals surface area (Å²) >= 11 is 6.03. The molecule has 0 aromatic heterocycles. The van der Waals surface area contributed by atoms with Gasteiger partial charge in [0.15, 0.2) is 0 Å². The Morgan fingerprint density at radius 3 is 2.47 bits per heavy atom. The summed E-state index contributed by atoms with van der Waals surface area (Å²) in [5.74, 6) is 0.781. The molecule has 3 heteroatoms. The zero-order chi connectivity index (χ0) is 13.8. The molecule has 0 aliphatic rings. The van der Waals surface area contributed by atoms with Gasteiger partial charge in [-0.2, -0.15) is 0 Å². The Hall–Kier alpha value is -1.51. The summed E-state index contributed by atoms with van der Waals surface area (Å²) in [7, 11) is 1.64. The van der Waals surface area contributed by atoms with E-state index in [1.165, 1.54) is 11.1 Å². The van der Waals surface area contributed by atoms with E-state index in [0.717, 1.165) is 17.7 Å². The Bertz CT molecular complexity index is 551. The Morgan fingerprint density at radius 1 is 1.16 bits per heavy atom. The van der Waals surface area contributed by atoms with Crippen molar-refractivity contribution >= 4 is 11.6 Å². The fourth-order valence-electron chi connectivity index (χ4n) is 2.08. The van der Waals surface area contributed by atoms with Crippen LogP contribution in [0, 0.1) is 6.92 Å². The average Bonchev–Trinajstić information content (AvgIpc) is 2.41. The topological polar surface area (TPSA) is 35.2 Å². The van der Waals surface area contributed by atoms with Gasteiger partial charge in [0.2, 0.25) is 0 Å². The molecule has 2 nitrogen and oxygen atoms in total. The molecule has 0 aliphatic carbocycles. The third-order valence-corrected chi connectivity index (χ3v) is 3.40. The molecule has 1 atom stereocenters. The largest absolute Gasteiger partial charge is 0.496 e. The van der Waals surface area contributed by atoms with Crippen LogP contribution in [0.15, 0.2) is 42.5 Å². The van der Waals surface area contributed by atoms with E-state index < -0.39 is 0 Å². The molecule has 2 aromatic rings. The van der Waals surface area contributed by atoms with Gasteiger partial charge in [0.05, 0.1) is 7.11 Å². The quantitative estimate of drug-likeness (QED) is 0.918. The summed E-state index contributed by atoms with van der Waals surface area (Å²) in [5, 5.41) is 0.676. The second-order valence-electron chi connectivity index (χ2n) is 4.68. The van der Waals surface area contributed by atoms with Gasteiger partial charge >= 0.3 is 0 Å². The predicted octanol–water partition coefficient (Wildman–Crippen LogP) is 3.90. The van der Waals surface area contributed by atoms with Crippen molar-refractivity contribution in [1.82, 2.24) is 0 Å². The smallest absolute Gasteiger partial charge is 0.123 e. The molecular weight excluding hydrogens is 258 g/mol. The summed E-state index contributed by atoms with van der Waals surface area (Å²) in [6.45, 7) is 2.07. The molecular formula is C16H18ClNO. The number of nitrogens with two attached hydrogens (primary N) is 1. The summed E-state index contributed by atoms with van der Waals surface area (Å²) in [4.78, 5) is 0. The summed E-state index contributed by atoms with van der Waals surface area (Å²) in [5.41, 5.74) is 9.67. The lowest BCUT2D eigenvalue weighted by Crippen LogP contribution is -2.14. The molecule has 0 saturated heterocycles. The van der Waals surface area contributed by atoms with E-state index in [2.05, 4.69) is 31.2 Å². The van der Waals surface area contributed by atoms with Crippen molar-refractivity contribution in [2.45, 2.75) is 19.4 Å². The SMILES string of the molecule is COc1ccc(Cl)cc1C(N)Cc1ccc(C)cc1. The minimum absolute atomic E-state index is 0.128. The first-order chi connectivity index (χ1) is 9.10. The zero-order valence-corrected chi connectivity index (χ0v) is 11.9. The van der Waals surface area contributed by atoms with Gasteiger partial charge in [-0.3, -0.25) is 0 Å². The van der Waals surface area contributed by atoms with Gasteiger partial charge in [-0.25, -0.2) is 0 Å². The van der Waals surface area contributed by atoms with Gasteiger partial charge in [0.1, 0.15) is 5.75 Å². The number of ether oxygens (including phenoxy) is 1. The molecule has 0 spiro atoms. The molecule has 0 saturated carbocycles. The van der Waals surface area contributed by atoms with Crippen molar-refractivity contribution in [1.29, 1.82) is 0 Å². The lowest BCUT2D eigenvalue weighted by Gasteiger charge is -2.16. The van der Waals surface area contributed by atoms with Gasteiger partial charge in [-0.05, 0) is 37.1 Å². The van der Waals surface area contributed by atoms with Crippen LogP contribution in [0.2, 0.25) is 5.02 Å². The third-order valence-electron chi connectivity index (χ3n) is 3.17. The molecule has 2 N–H and O–H groups in total. The van der Waals surface area contributed by atoms with Gasteiger partial charge in [0.25, 0.3) is 0 Å². The number of hydrogen-bond donors (Lipinski definition) is 1. The monoisotopic (exact) mass is 275 g/mol. The highest BCUT2D eigenvalue weighted by atomic mass is 35.5. The third kappa shape index (κ3) is 3.49. The fraction of sp³-hybridized carbons (Fsp3) is 0.250. The summed E-state index contributed by atoms with van der Waals surface area (Å²) in [6, 6.07) is 13.8. The molecule has 1 unspecified atom stereocenters. The second-order valence-corrected chi connectivity index (χ2v) is 5.12. The molecule has 2 rings (SSSR count). The first-order valence-electron chi connectivity index (χ1n) is 6.24. The Labute approximate surface area is 119 Å². The lowest BCUT2D eigenvalue weighted by molar-refractivity contribution is 0.405. The number of halogens is 1. The molecule has 0 heterocycles. The van der Waals surface area contributed by atoms with Crippen molar-refractivity contribution < 1.29 is 4.74 Å². The summed E-state index contributed by atoms with van der Waals surface area (Å²) < 4.78 is 5.34. The average molecular weight is 276 g/mol. The van der Waals surface area contributed by atoms with Crippen LogP contribution in [0.1, 0.15) is 22.7 Å². The minimum Gasteiger partial charge on any atom is -0.496 e. The van der Waals surface area contributed by atoms with Crippen molar-refractivity contribution in [2.75, 3.05) is 7.11 Å². The molecule has 2 aromatic carbocycles. The normalized spacial score (nSPS) is 12.2. The molecule has 0 bridgehead atoms. The number of rotatable bonds is 4. The number of methoxy groups -OCH3 is 1. The van der Waals surface area contributed by atoms with Crippen LogP contribution in [0.3, 0.4) is 0 Å². The predicted molar refractivity (Wildman–Crippen MR) is 79.8 cm³/mol. The van der Waals surface area contributed by atoms with Crippen LogP contribution in [-0.4, -0.2) is 7.11 Å². The Balaban J connectivity index is 2.21. The van der Waals surface area contributed by atoms with Gasteiger partial charge in [0, 0.05) is 16.6 Å². The first-order valence-corrected chi connectivity index (χ1v) is 6.62. The van der Waals surface area contributed by atoms with Crippen molar-refractivity contribution in [3.63, 3.8) is 0 Å². The second kappa shape index (κ2) is 6.09. The molecule has 0 amide bonds. The van der Waals surface area contributed by atoms with Crippen LogP contribution in [0.5, 0.6) is 5.75 Å². The van der Waals surface area contributed by atoms with E-state index in [0.29, 0.717) is 5.02 Å². The maximum absolute atomic E-state index is 6.27. The molecule has 0 fully saturated rings. The lowest BCUT2D eigenvalue weighted by atomic mass is 9.98. The fourth-order valence-corrected chi connectivity index (χ4v) is 2.26. The Kier molecular flexibility index (Phi) is 4.46. The highest BCUT2D eigenvalue weighted by Crippen LogP contribution is 2.29. The molecule has 19 heavy (non-hydrogen) atoms. The first kappa shape index (κ1) is 13.9. The highest BCUT2D eigenvalue weighted by molar-refractivity contribution is 6.30. The standard InChI is InChI=1S/C16H18ClNO/c1-11-3-5-12(6-4-11)9-15(18)14-10-13(17)7-8-16(14)19-2/h3-8,10,15H,9,18H2,1-2H3. The van der Waals surface area contributed by atoms with E-state index in [9.17, 15) is 0 Å². The van der Waals surface area contributed by atoms with Crippen LogP contribution in [-0.2, 0) is 6.42 Å². The maximum atomic E-state index is 6.27. The maximum Gasteiger partial charge on any atom is 0.123 e. The number of aryl methyl sites for hydroxylation is 1. The van der Waals surface area contributed by atoms with E-state index in [1.807, 2.05) is 18.2 Å². The van der Waals surface area contributed by atoms with E-state index in [-0.39, 0.29) is 6.04 Å². The number of benzene rings is 2. The van der Waals surface area contributed by atoms with Crippen LogP contribution in [0.25, 0.3) is 0 Å². The Morgan fingerprint density at radius 2 is 1.84 bits per heavy atom. The van der Waals surface area contributed by atoms with Gasteiger partial charge in [-0.15, -0.1) is 0 Å². The summed E-state index contributed by atoms with van der Waals surface area (Å²) in [6.07, 6.45) is 0.761. The van der Waals surface area contributed by atoms with Crippen molar-refractivity contribution in [2.24, 2.45) is 5.73 Å². The number of hydrogen-bond acceptors (Lipinski definition) is 2. The molecule has 0 radical (unpaired) electrons. The van der Waals surface area contributed by atoms with Crippen molar-refractivity contribution in [3.8, 4) is 5.75 Å². The van der Waals surface area contributed by atoms with Crippen LogP contribution < -0.4 is 10.5 Å². The van der Waals surface area contributed by atoms with Crippen molar-refractivity contribution in [3.05, 3.63) is 64.2 Å². The molecule has 100 valence electrons. The van der Waals surface area contributed by atoms with Crippen LogP contribution in [0.4, 0.5) is 0 Å². The minimum atomic E-state index is -0.128. The van der Waals surface area contributed by atoms with Gasteiger partial charge in [-0.1, -0.05) is 41.4 Å². The molecule has 0 aliphatic heterocycles.